The molecule has 1 heterocycles. The number of hydrogen-bond donors (Lipinski definition) is 1. The Balaban J connectivity index is 2.45. The number of thioether (sulfide) groups is 1. The molecule has 5 heteroatoms. The van der Waals surface area contributed by atoms with Crippen molar-refractivity contribution >= 4 is 21.6 Å². The van der Waals surface area contributed by atoms with Gasteiger partial charge in [0.05, 0.1) is 5.75 Å². The highest BCUT2D eigenvalue weighted by atomic mass is 32.2. The van der Waals surface area contributed by atoms with Crippen LogP contribution in [0.2, 0.25) is 0 Å². The first-order valence-electron chi connectivity index (χ1n) is 6.05. The minimum absolute atomic E-state index is 0.307. The molecule has 2 atom stereocenters. The van der Waals surface area contributed by atoms with E-state index in [0.717, 1.165) is 13.0 Å². The molecule has 2 unspecified atom stereocenters. The molecule has 3 nitrogen and oxygen atoms in total. The van der Waals surface area contributed by atoms with E-state index in [0.29, 0.717) is 17.0 Å². The molecule has 1 saturated heterocycles. The molecule has 96 valence electrons. The molecule has 0 radical (unpaired) electrons. The van der Waals surface area contributed by atoms with E-state index in [1.807, 2.05) is 11.8 Å². The van der Waals surface area contributed by atoms with Gasteiger partial charge in [-0.25, -0.2) is 8.42 Å². The molecule has 1 rings (SSSR count). The maximum atomic E-state index is 11.2. The Morgan fingerprint density at radius 3 is 2.69 bits per heavy atom. The Morgan fingerprint density at radius 1 is 1.44 bits per heavy atom. The highest BCUT2D eigenvalue weighted by Gasteiger charge is 2.24. The van der Waals surface area contributed by atoms with Crippen molar-refractivity contribution in [3.63, 3.8) is 0 Å². The zero-order valence-corrected chi connectivity index (χ0v) is 11.9. The Bertz CT molecular complexity index is 284. The maximum Gasteiger partial charge on any atom is 0.147 e. The topological polar surface area (TPSA) is 46.2 Å². The van der Waals surface area contributed by atoms with Gasteiger partial charge in [0.1, 0.15) is 9.84 Å². The van der Waals surface area contributed by atoms with Crippen molar-refractivity contribution in [2.24, 2.45) is 0 Å². The van der Waals surface area contributed by atoms with E-state index in [2.05, 4.69) is 12.2 Å². The fraction of sp³-hybridized carbons (Fsp3) is 1.00. The van der Waals surface area contributed by atoms with Crippen LogP contribution in [0.15, 0.2) is 0 Å². The molecule has 1 N–H and O–H groups in total. The van der Waals surface area contributed by atoms with Crippen molar-refractivity contribution in [3.8, 4) is 0 Å². The first kappa shape index (κ1) is 14.3. The average Bonchev–Trinajstić information content (AvgIpc) is 2.24. The zero-order chi connectivity index (χ0) is 12.0. The van der Waals surface area contributed by atoms with E-state index in [4.69, 9.17) is 0 Å². The summed E-state index contributed by atoms with van der Waals surface area (Å²) in [6.45, 7) is 3.01. The lowest BCUT2D eigenvalue weighted by molar-refractivity contribution is 0.462. The lowest BCUT2D eigenvalue weighted by atomic mass is 10.1. The molecule has 1 fully saturated rings. The van der Waals surface area contributed by atoms with Crippen LogP contribution in [0.25, 0.3) is 0 Å². The van der Waals surface area contributed by atoms with Crippen LogP contribution < -0.4 is 5.32 Å². The summed E-state index contributed by atoms with van der Waals surface area (Å²) in [5, 5.41) is 4.05. The van der Waals surface area contributed by atoms with Gasteiger partial charge in [-0.3, -0.25) is 0 Å². The SMILES string of the molecule is CCNC(CCS(C)(=O)=O)C1CCCCS1. The summed E-state index contributed by atoms with van der Waals surface area (Å²) < 4.78 is 22.4. The van der Waals surface area contributed by atoms with Crippen molar-refractivity contribution in [2.75, 3.05) is 24.3 Å². The van der Waals surface area contributed by atoms with Gasteiger partial charge in [-0.1, -0.05) is 13.3 Å². The van der Waals surface area contributed by atoms with Crippen molar-refractivity contribution < 1.29 is 8.42 Å². The second-order valence-corrected chi connectivity index (χ2v) is 8.09. The summed E-state index contributed by atoms with van der Waals surface area (Å²) in [5.41, 5.74) is 0. The molecular weight excluding hydrogens is 242 g/mol. The third kappa shape index (κ3) is 5.55. The molecule has 0 spiro atoms. The van der Waals surface area contributed by atoms with Crippen LogP contribution in [0.3, 0.4) is 0 Å². The third-order valence-electron chi connectivity index (χ3n) is 2.93. The second kappa shape index (κ2) is 6.87. The quantitative estimate of drug-likeness (QED) is 0.794. The summed E-state index contributed by atoms with van der Waals surface area (Å²) in [6, 6.07) is 0.366. The first-order valence-corrected chi connectivity index (χ1v) is 9.16. The van der Waals surface area contributed by atoms with Crippen molar-refractivity contribution in [1.29, 1.82) is 0 Å². The largest absolute Gasteiger partial charge is 0.313 e. The lowest BCUT2D eigenvalue weighted by Gasteiger charge is -2.30. The molecule has 0 aliphatic carbocycles. The van der Waals surface area contributed by atoms with E-state index in [9.17, 15) is 8.42 Å². The van der Waals surface area contributed by atoms with Crippen molar-refractivity contribution in [3.05, 3.63) is 0 Å². The molecule has 0 amide bonds. The zero-order valence-electron chi connectivity index (χ0n) is 10.2. The van der Waals surface area contributed by atoms with Gasteiger partial charge in [-0.05, 0) is 31.6 Å². The molecule has 0 aromatic heterocycles. The molecule has 0 aromatic rings. The van der Waals surface area contributed by atoms with Gasteiger partial charge in [-0.15, -0.1) is 0 Å². The van der Waals surface area contributed by atoms with E-state index in [1.165, 1.54) is 31.3 Å². The van der Waals surface area contributed by atoms with Crippen LogP contribution in [0.1, 0.15) is 32.6 Å². The van der Waals surface area contributed by atoms with Crippen LogP contribution in [0.5, 0.6) is 0 Å². The van der Waals surface area contributed by atoms with Crippen LogP contribution in [-0.2, 0) is 9.84 Å². The van der Waals surface area contributed by atoms with Crippen LogP contribution in [-0.4, -0.2) is 44.0 Å². The number of rotatable bonds is 6. The number of nitrogens with one attached hydrogen (secondary N) is 1. The van der Waals surface area contributed by atoms with Gasteiger partial charge >= 0.3 is 0 Å². The van der Waals surface area contributed by atoms with E-state index in [1.54, 1.807) is 0 Å². The molecule has 0 aromatic carbocycles. The molecular formula is C11H23NO2S2. The van der Waals surface area contributed by atoms with E-state index in [-0.39, 0.29) is 0 Å². The lowest BCUT2D eigenvalue weighted by Crippen LogP contribution is -2.40. The van der Waals surface area contributed by atoms with E-state index < -0.39 is 9.84 Å². The monoisotopic (exact) mass is 265 g/mol. The summed E-state index contributed by atoms with van der Waals surface area (Å²) in [5.74, 6) is 1.53. The van der Waals surface area contributed by atoms with Gasteiger partial charge in [0.2, 0.25) is 0 Å². The van der Waals surface area contributed by atoms with Crippen LogP contribution >= 0.6 is 11.8 Å². The Labute approximate surface area is 104 Å². The van der Waals surface area contributed by atoms with Crippen molar-refractivity contribution in [1.82, 2.24) is 5.32 Å². The minimum Gasteiger partial charge on any atom is -0.313 e. The highest BCUT2D eigenvalue weighted by Crippen LogP contribution is 2.28. The van der Waals surface area contributed by atoms with Crippen LogP contribution in [0.4, 0.5) is 0 Å². The second-order valence-electron chi connectivity index (χ2n) is 4.49. The van der Waals surface area contributed by atoms with Crippen LogP contribution in [0, 0.1) is 0 Å². The Kier molecular flexibility index (Phi) is 6.15. The molecule has 1 aliphatic heterocycles. The Morgan fingerprint density at radius 2 is 2.19 bits per heavy atom. The molecule has 0 saturated carbocycles. The number of sulfone groups is 1. The van der Waals surface area contributed by atoms with Gasteiger partial charge in [0.25, 0.3) is 0 Å². The fourth-order valence-corrected chi connectivity index (χ4v) is 4.26. The maximum absolute atomic E-state index is 11.2. The predicted molar refractivity (Wildman–Crippen MR) is 71.9 cm³/mol. The van der Waals surface area contributed by atoms with Gasteiger partial charge in [-0.2, -0.15) is 11.8 Å². The highest BCUT2D eigenvalue weighted by molar-refractivity contribution is 8.00. The molecule has 0 bridgehead atoms. The Hall–Kier alpha value is 0.260. The smallest absolute Gasteiger partial charge is 0.147 e. The summed E-state index contributed by atoms with van der Waals surface area (Å²) in [4.78, 5) is 0. The molecule has 16 heavy (non-hydrogen) atoms. The minimum atomic E-state index is -2.83. The first-order chi connectivity index (χ1) is 7.53. The van der Waals surface area contributed by atoms with Gasteiger partial charge < -0.3 is 5.32 Å². The standard InChI is InChI=1S/C11H23NO2S2/c1-3-12-10(7-9-16(2,13)14)11-6-4-5-8-15-11/h10-12H,3-9H2,1-2H3. The van der Waals surface area contributed by atoms with Gasteiger partial charge in [0, 0.05) is 17.5 Å². The van der Waals surface area contributed by atoms with E-state index >= 15 is 0 Å². The predicted octanol–water partition coefficient (Wildman–Crippen LogP) is 1.68. The third-order valence-corrected chi connectivity index (χ3v) is 5.42. The summed E-state index contributed by atoms with van der Waals surface area (Å²) in [6.07, 6.45) is 5.91. The average molecular weight is 265 g/mol. The summed E-state index contributed by atoms with van der Waals surface area (Å²) in [7, 11) is -2.83. The fourth-order valence-electron chi connectivity index (χ4n) is 2.11. The van der Waals surface area contributed by atoms with Crippen molar-refractivity contribution in [2.45, 2.75) is 43.9 Å². The van der Waals surface area contributed by atoms with Gasteiger partial charge in [0.15, 0.2) is 0 Å². The summed E-state index contributed by atoms with van der Waals surface area (Å²) >= 11 is 2.00. The number of hydrogen-bond acceptors (Lipinski definition) is 4. The molecule has 1 aliphatic rings. The normalized spacial score (nSPS) is 24.2.